The maximum atomic E-state index is 10.5. The van der Waals surface area contributed by atoms with Gasteiger partial charge < -0.3 is 19.3 Å². The third-order valence-electron chi connectivity index (χ3n) is 6.27. The maximum Gasteiger partial charge on any atom is 0.231 e. The molecule has 2 aromatic rings. The van der Waals surface area contributed by atoms with Crippen molar-refractivity contribution in [1.82, 2.24) is 9.80 Å². The third-order valence-corrected chi connectivity index (χ3v) is 6.27. The molecule has 0 spiro atoms. The van der Waals surface area contributed by atoms with E-state index in [4.69, 9.17) is 14.2 Å². The summed E-state index contributed by atoms with van der Waals surface area (Å²) < 4.78 is 16.9. The van der Waals surface area contributed by atoms with Gasteiger partial charge in [0, 0.05) is 39.3 Å². The molecule has 0 aromatic heterocycles. The number of nitrogens with zero attached hydrogens (tertiary/aromatic N) is 2. The highest BCUT2D eigenvalue weighted by Crippen LogP contribution is 2.33. The van der Waals surface area contributed by atoms with Gasteiger partial charge in [0.05, 0.1) is 0 Å². The number of β-amino-alcohol motifs (C(OH)–C–C–N with tert-alkyl or cyclic N) is 1. The number of benzene rings is 2. The number of aliphatic hydroxyl groups excluding tert-OH is 1. The van der Waals surface area contributed by atoms with Crippen LogP contribution in [-0.4, -0.2) is 67.1 Å². The van der Waals surface area contributed by atoms with Crippen molar-refractivity contribution in [2.45, 2.75) is 38.8 Å². The minimum Gasteiger partial charge on any atom is -0.491 e. The molecule has 6 nitrogen and oxygen atoms in total. The standard InChI is InChI=1S/C25H34N2O4.2ClH/c1-3-19(2)22-6-4-5-7-23(22)29-17-21(28)16-27-12-10-26(11-13-27)15-20-8-9-24-25(14-20)31-18-30-24;;/h4-9,14,19,21,28H,3,10-13,15-18H2,1-2H3;2*1H. The summed E-state index contributed by atoms with van der Waals surface area (Å²) in [6, 6.07) is 14.3. The van der Waals surface area contributed by atoms with Crippen LogP contribution in [0.15, 0.2) is 42.5 Å². The van der Waals surface area contributed by atoms with E-state index in [2.05, 4.69) is 41.8 Å². The van der Waals surface area contributed by atoms with E-state index in [1.807, 2.05) is 24.3 Å². The van der Waals surface area contributed by atoms with Crippen LogP contribution in [-0.2, 0) is 6.54 Å². The van der Waals surface area contributed by atoms with Gasteiger partial charge in [-0.1, -0.05) is 38.1 Å². The zero-order chi connectivity index (χ0) is 21.6. The second kappa shape index (κ2) is 13.3. The van der Waals surface area contributed by atoms with Gasteiger partial charge in [0.1, 0.15) is 18.5 Å². The van der Waals surface area contributed by atoms with Crippen LogP contribution in [0, 0.1) is 0 Å². The smallest absolute Gasteiger partial charge is 0.231 e. The van der Waals surface area contributed by atoms with Crippen molar-refractivity contribution in [1.29, 1.82) is 0 Å². The molecular weight excluding hydrogens is 463 g/mol. The molecule has 33 heavy (non-hydrogen) atoms. The van der Waals surface area contributed by atoms with Gasteiger partial charge in [0.2, 0.25) is 6.79 Å². The molecule has 2 aliphatic heterocycles. The largest absolute Gasteiger partial charge is 0.491 e. The molecule has 184 valence electrons. The number of hydrogen-bond donors (Lipinski definition) is 1. The van der Waals surface area contributed by atoms with Crippen molar-refractivity contribution in [2.24, 2.45) is 0 Å². The minimum absolute atomic E-state index is 0. The van der Waals surface area contributed by atoms with Crippen LogP contribution in [0.3, 0.4) is 0 Å². The summed E-state index contributed by atoms with van der Waals surface area (Å²) in [4.78, 5) is 4.77. The molecule has 1 N–H and O–H groups in total. The molecule has 2 aromatic carbocycles. The topological polar surface area (TPSA) is 54.4 Å². The predicted octanol–water partition coefficient (Wildman–Crippen LogP) is 4.33. The number of halogens is 2. The fraction of sp³-hybridized carbons (Fsp3) is 0.520. The summed E-state index contributed by atoms with van der Waals surface area (Å²) in [5.41, 5.74) is 2.46. The summed E-state index contributed by atoms with van der Waals surface area (Å²) in [7, 11) is 0. The van der Waals surface area contributed by atoms with E-state index in [1.165, 1.54) is 11.1 Å². The highest BCUT2D eigenvalue weighted by Gasteiger charge is 2.21. The van der Waals surface area contributed by atoms with Gasteiger partial charge in [0.15, 0.2) is 11.5 Å². The first kappa shape index (κ1) is 27.5. The van der Waals surface area contributed by atoms with Gasteiger partial charge in [-0.05, 0) is 41.7 Å². The molecule has 2 atom stereocenters. The Morgan fingerprint density at radius 3 is 2.42 bits per heavy atom. The molecule has 0 aliphatic carbocycles. The maximum absolute atomic E-state index is 10.5. The highest BCUT2D eigenvalue weighted by atomic mass is 35.5. The number of fused-ring (bicyclic) bond motifs is 1. The molecule has 0 saturated carbocycles. The average Bonchev–Trinajstić information content (AvgIpc) is 3.26. The summed E-state index contributed by atoms with van der Waals surface area (Å²) in [6.07, 6.45) is 0.574. The normalized spacial score (nSPS) is 17.5. The Morgan fingerprint density at radius 2 is 1.67 bits per heavy atom. The number of piperazine rings is 1. The lowest BCUT2D eigenvalue weighted by molar-refractivity contribution is 0.0443. The Bertz CT molecular complexity index is 862. The lowest BCUT2D eigenvalue weighted by Gasteiger charge is -2.35. The minimum atomic E-state index is -0.495. The summed E-state index contributed by atoms with van der Waals surface area (Å²) in [5.74, 6) is 3.02. The SMILES string of the molecule is CCC(C)c1ccccc1OCC(O)CN1CCN(Cc2ccc3c(c2)OCO3)CC1.Cl.Cl. The first-order valence-corrected chi connectivity index (χ1v) is 11.4. The summed E-state index contributed by atoms with van der Waals surface area (Å²) >= 11 is 0. The molecule has 8 heteroatoms. The summed E-state index contributed by atoms with van der Waals surface area (Å²) in [5, 5.41) is 10.5. The monoisotopic (exact) mass is 498 g/mol. The van der Waals surface area contributed by atoms with Gasteiger partial charge in [-0.3, -0.25) is 9.80 Å². The lowest BCUT2D eigenvalue weighted by atomic mass is 9.98. The van der Waals surface area contributed by atoms with Crippen molar-refractivity contribution < 1.29 is 19.3 Å². The fourth-order valence-corrected chi connectivity index (χ4v) is 4.20. The van der Waals surface area contributed by atoms with E-state index in [1.54, 1.807) is 0 Å². The van der Waals surface area contributed by atoms with Gasteiger partial charge >= 0.3 is 0 Å². The average molecular weight is 499 g/mol. The third kappa shape index (κ3) is 7.39. The fourth-order valence-electron chi connectivity index (χ4n) is 4.20. The van der Waals surface area contributed by atoms with Gasteiger partial charge in [-0.25, -0.2) is 0 Å². The molecule has 2 heterocycles. The van der Waals surface area contributed by atoms with E-state index >= 15 is 0 Å². The quantitative estimate of drug-likeness (QED) is 0.555. The van der Waals surface area contributed by atoms with Crippen molar-refractivity contribution >= 4 is 24.8 Å². The second-order valence-electron chi connectivity index (χ2n) is 8.58. The first-order valence-electron chi connectivity index (χ1n) is 11.4. The number of aliphatic hydroxyl groups is 1. The predicted molar refractivity (Wildman–Crippen MR) is 135 cm³/mol. The van der Waals surface area contributed by atoms with Crippen molar-refractivity contribution in [3.8, 4) is 17.2 Å². The molecule has 4 rings (SSSR count). The van der Waals surface area contributed by atoms with Crippen LogP contribution < -0.4 is 14.2 Å². The molecule has 2 unspecified atom stereocenters. The molecule has 2 aliphatic rings. The van der Waals surface area contributed by atoms with E-state index in [-0.39, 0.29) is 24.8 Å². The molecular formula is C25H36Cl2N2O4. The zero-order valence-electron chi connectivity index (χ0n) is 19.4. The number of rotatable bonds is 9. The first-order chi connectivity index (χ1) is 15.1. The van der Waals surface area contributed by atoms with Crippen molar-refractivity contribution in [3.05, 3.63) is 53.6 Å². The van der Waals surface area contributed by atoms with Gasteiger partial charge in [-0.15, -0.1) is 24.8 Å². The molecule has 1 fully saturated rings. The number of para-hydroxylation sites is 1. The van der Waals surface area contributed by atoms with Gasteiger partial charge in [-0.2, -0.15) is 0 Å². The van der Waals surface area contributed by atoms with E-state index in [0.717, 1.165) is 56.4 Å². The van der Waals surface area contributed by atoms with Gasteiger partial charge in [0.25, 0.3) is 0 Å². The molecule has 1 saturated heterocycles. The van der Waals surface area contributed by atoms with Crippen LogP contribution in [0.1, 0.15) is 37.3 Å². The van der Waals surface area contributed by atoms with Crippen LogP contribution in [0.25, 0.3) is 0 Å². The zero-order valence-corrected chi connectivity index (χ0v) is 21.1. The lowest BCUT2D eigenvalue weighted by Crippen LogP contribution is -2.48. The second-order valence-corrected chi connectivity index (χ2v) is 8.58. The molecule has 0 bridgehead atoms. The van der Waals surface area contributed by atoms with Crippen molar-refractivity contribution in [3.63, 3.8) is 0 Å². The number of ether oxygens (including phenoxy) is 3. The van der Waals surface area contributed by atoms with Crippen LogP contribution in [0.5, 0.6) is 17.2 Å². The highest BCUT2D eigenvalue weighted by molar-refractivity contribution is 5.85. The Labute approximate surface area is 209 Å². The van der Waals surface area contributed by atoms with E-state index in [0.29, 0.717) is 25.9 Å². The number of hydrogen-bond acceptors (Lipinski definition) is 6. The van der Waals surface area contributed by atoms with Crippen LogP contribution in [0.2, 0.25) is 0 Å². The Kier molecular flexibility index (Phi) is 11.1. The van der Waals surface area contributed by atoms with E-state index < -0.39 is 6.10 Å². The Balaban J connectivity index is 0.00000193. The van der Waals surface area contributed by atoms with E-state index in [9.17, 15) is 5.11 Å². The summed E-state index contributed by atoms with van der Waals surface area (Å²) in [6.45, 7) is 10.4. The van der Waals surface area contributed by atoms with Crippen LogP contribution in [0.4, 0.5) is 0 Å². The molecule has 0 amide bonds. The van der Waals surface area contributed by atoms with Crippen LogP contribution >= 0.6 is 24.8 Å². The Hall–Kier alpha value is -1.70. The van der Waals surface area contributed by atoms with Crippen molar-refractivity contribution in [2.75, 3.05) is 46.1 Å². The molecule has 0 radical (unpaired) electrons. The Morgan fingerprint density at radius 1 is 0.970 bits per heavy atom.